The minimum absolute atomic E-state index is 0. The van der Waals surface area contributed by atoms with Crippen molar-refractivity contribution in [1.82, 2.24) is 4.57 Å². The highest BCUT2D eigenvalue weighted by molar-refractivity contribution is 7.67. The largest absolute Gasteiger partial charge is 0.463 e. The Morgan fingerprint density at radius 1 is 0.594 bits per heavy atom. The van der Waals surface area contributed by atoms with Crippen LogP contribution in [0.5, 0.6) is 0 Å². The molecule has 2 fully saturated rings. The van der Waals surface area contributed by atoms with E-state index in [9.17, 15) is 33.6 Å². The van der Waals surface area contributed by atoms with Gasteiger partial charge in [0.25, 0.3) is 0 Å². The lowest BCUT2D eigenvalue weighted by Gasteiger charge is -2.48. The molecule has 2 aromatic carbocycles. The fraction of sp³-hybridized carbons (Fsp3) is 0.475. The van der Waals surface area contributed by atoms with E-state index in [0.29, 0.717) is 21.2 Å². The molecule has 3 aromatic rings. The number of hydrogen-bond acceptors (Lipinski definition) is 21. The Morgan fingerprint density at radius 2 is 1.09 bits per heavy atom. The maximum atomic E-state index is 12.9. The van der Waals surface area contributed by atoms with Gasteiger partial charge in [-0.25, -0.2) is 9.98 Å². The Morgan fingerprint density at radius 3 is 1.64 bits per heavy atom. The van der Waals surface area contributed by atoms with Crippen molar-refractivity contribution in [2.24, 2.45) is 9.98 Å². The first kappa shape index (κ1) is 51.4. The average Bonchev–Trinajstić information content (AvgIpc) is 3.58. The molecule has 3 heterocycles. The summed E-state index contributed by atoms with van der Waals surface area (Å²) in [4.78, 5) is 97.9. The second kappa shape index (κ2) is 23.6. The Bertz CT molecular complexity index is 2300. The lowest BCUT2D eigenvalue weighted by Crippen LogP contribution is -2.67. The summed E-state index contributed by atoms with van der Waals surface area (Å²) in [5.41, 5.74) is 1.17. The van der Waals surface area contributed by atoms with Gasteiger partial charge in [-0.15, -0.1) is 12.4 Å². The van der Waals surface area contributed by atoms with Crippen molar-refractivity contribution < 1.29 is 80.9 Å². The van der Waals surface area contributed by atoms with Crippen LogP contribution in [0.25, 0.3) is 5.69 Å². The highest BCUT2D eigenvalue weighted by atomic mass is 35.5. The summed E-state index contributed by atoms with van der Waals surface area (Å²) in [6.45, 7) is 6.38. The molecule has 0 bridgehead atoms. The first-order chi connectivity index (χ1) is 29.9. The third kappa shape index (κ3) is 14.1. The normalized spacial score (nSPS) is 25.8. The van der Waals surface area contributed by atoms with Crippen LogP contribution in [0, 0.1) is 0 Å². The highest BCUT2D eigenvalue weighted by Crippen LogP contribution is 2.35. The van der Waals surface area contributed by atoms with Gasteiger partial charge in [-0.3, -0.25) is 38.1 Å². The molecule has 0 unspecified atom stereocenters. The number of ether oxygens (including phenoxy) is 10. The number of carbonyl (C=O) groups excluding carboxylic acids is 7. The van der Waals surface area contributed by atoms with Crippen LogP contribution >= 0.6 is 44.7 Å². The van der Waals surface area contributed by atoms with Gasteiger partial charge in [0.1, 0.15) is 31.5 Å². The van der Waals surface area contributed by atoms with Gasteiger partial charge < -0.3 is 47.4 Å². The summed E-state index contributed by atoms with van der Waals surface area (Å²) < 4.78 is 59.6. The fourth-order valence-corrected chi connectivity index (χ4v) is 8.88. The van der Waals surface area contributed by atoms with E-state index in [2.05, 4.69) is 0 Å². The second-order valence-corrected chi connectivity index (χ2v) is 16.3. The Balaban J connectivity index is 0.00000898. The van der Waals surface area contributed by atoms with Crippen LogP contribution in [0.4, 0.5) is 5.69 Å². The zero-order valence-corrected chi connectivity index (χ0v) is 38.5. The zero-order chi connectivity index (χ0) is 46.0. The van der Waals surface area contributed by atoms with Gasteiger partial charge in [0.2, 0.25) is 9.60 Å². The number of esters is 7. The summed E-state index contributed by atoms with van der Waals surface area (Å²) in [5.74, 6) is -5.95. The first-order valence-corrected chi connectivity index (χ1v) is 21.6. The Hall–Kier alpha value is -5.23. The number of hydrogen-bond donors (Lipinski definition) is 0. The lowest BCUT2D eigenvalue weighted by atomic mass is 9.95. The van der Waals surface area contributed by atoms with Crippen LogP contribution in [0.1, 0.15) is 48.5 Å². The molecule has 0 aliphatic carbocycles. The number of benzene rings is 2. The average molecular weight is 975 g/mol. The number of rotatable bonds is 14. The predicted molar refractivity (Wildman–Crippen MR) is 224 cm³/mol. The van der Waals surface area contributed by atoms with E-state index in [1.807, 2.05) is 18.2 Å². The second-order valence-electron chi connectivity index (χ2n) is 13.8. The summed E-state index contributed by atoms with van der Waals surface area (Å²) in [6.07, 6.45) is -16.0. The molecule has 24 heteroatoms. The molecule has 0 saturated carbocycles. The summed E-state index contributed by atoms with van der Waals surface area (Å²) in [5, 5.41) is 0.461. The SMILES string of the molecule is CC(=O)OC[C@H]1O[C@@H](O[C@H]2[C@H](OC(C)=O)[C@@H](OC(C)=O)[C@H](/N=c3/ssc(=Nc4cccc(Cl)c4)n3-c3ccccc3)O[C@@H]2COC(C)=O)[C@H](OC(C)=O)[C@@H](OC(C)=O)[C@H]1OC(C)=O.Cl. The molecule has 10 atom stereocenters. The topological polar surface area (TPSA) is 241 Å². The molecule has 0 N–H and O–H groups in total. The number of nitrogens with zero attached hydrogens (tertiary/aromatic N) is 3. The predicted octanol–water partition coefficient (Wildman–Crippen LogP) is 3.43. The number of para-hydroxylation sites is 1. The molecule has 0 amide bonds. The van der Waals surface area contributed by atoms with Crippen LogP contribution in [-0.2, 0) is 80.9 Å². The van der Waals surface area contributed by atoms with E-state index in [1.165, 1.54) is 20.7 Å². The first-order valence-electron chi connectivity index (χ1n) is 19.1. The van der Waals surface area contributed by atoms with Crippen molar-refractivity contribution in [3.05, 3.63) is 69.2 Å². The van der Waals surface area contributed by atoms with Gasteiger partial charge in [-0.2, -0.15) is 0 Å². The molecule has 348 valence electrons. The standard InChI is InChI=1S/C40H44ClN3O17S2.ClH/c1-19(45)52-17-29-32(61-38-36(58-25(7)51)34(56-23(5)49)31(54-21(3)47)30(60-38)18-53-20(2)46)33(55-22(4)48)35(57-24(6)50)37(59-29)43-40-44(28-14-9-8-10-15-28)39(62-63-40)42-27-13-11-12-26(41)16-27;/h8-16,29-38H,17-18H2,1-7H3;1H/b42-39?,43-40+;/t29-,30-,31+,32-,33+,34+,35-,36-,37-,38+;/m1./s1. The molecule has 2 saturated heterocycles. The fourth-order valence-electron chi connectivity index (χ4n) is 6.53. The molecule has 0 radical (unpaired) electrons. The molecule has 2 aliphatic heterocycles. The summed E-state index contributed by atoms with van der Waals surface area (Å²) in [6, 6.07) is 15.9. The molecule has 20 nitrogen and oxygen atoms in total. The zero-order valence-electron chi connectivity index (χ0n) is 35.3. The number of aromatic nitrogens is 1. The molecule has 64 heavy (non-hydrogen) atoms. The van der Waals surface area contributed by atoms with Crippen LogP contribution in [0.15, 0.2) is 64.6 Å². The van der Waals surface area contributed by atoms with Gasteiger partial charge in [-0.1, -0.05) is 35.9 Å². The van der Waals surface area contributed by atoms with Gasteiger partial charge in [-0.05, 0) is 51.0 Å². The highest BCUT2D eigenvalue weighted by Gasteiger charge is 2.57. The van der Waals surface area contributed by atoms with Crippen molar-refractivity contribution in [2.45, 2.75) is 110 Å². The molecule has 1 aromatic heterocycles. The third-order valence-electron chi connectivity index (χ3n) is 8.76. The van der Waals surface area contributed by atoms with Gasteiger partial charge in [0, 0.05) is 53.5 Å². The third-order valence-corrected chi connectivity index (χ3v) is 11.1. The van der Waals surface area contributed by atoms with Crippen LogP contribution in [-0.4, -0.2) is 121 Å². The summed E-state index contributed by atoms with van der Waals surface area (Å²) >= 11 is 6.26. The molecule has 5 rings (SSSR count). The van der Waals surface area contributed by atoms with E-state index in [1.54, 1.807) is 41.0 Å². The number of carbonyl (C=O) groups is 7. The van der Waals surface area contributed by atoms with E-state index in [4.69, 9.17) is 69.0 Å². The molecule has 2 aliphatic rings. The van der Waals surface area contributed by atoms with E-state index in [-0.39, 0.29) is 17.2 Å². The number of halogens is 2. The quantitative estimate of drug-likeness (QED) is 0.128. The monoisotopic (exact) mass is 973 g/mol. The van der Waals surface area contributed by atoms with E-state index < -0.39 is 116 Å². The van der Waals surface area contributed by atoms with Crippen molar-refractivity contribution >= 4 is 92.2 Å². The van der Waals surface area contributed by atoms with Crippen molar-refractivity contribution in [3.63, 3.8) is 0 Å². The Labute approximate surface area is 384 Å². The van der Waals surface area contributed by atoms with Crippen LogP contribution < -0.4 is 9.60 Å². The van der Waals surface area contributed by atoms with Crippen LogP contribution in [0.3, 0.4) is 0 Å². The maximum absolute atomic E-state index is 12.9. The summed E-state index contributed by atoms with van der Waals surface area (Å²) in [7, 11) is 2.43. The molecule has 0 spiro atoms. The van der Waals surface area contributed by atoms with Gasteiger partial charge in [0.05, 0.1) is 11.4 Å². The lowest BCUT2D eigenvalue weighted by molar-refractivity contribution is -0.344. The molecular weight excluding hydrogens is 929 g/mol. The van der Waals surface area contributed by atoms with Crippen molar-refractivity contribution in [2.75, 3.05) is 13.2 Å². The smallest absolute Gasteiger partial charge is 0.303 e. The van der Waals surface area contributed by atoms with Gasteiger partial charge >= 0.3 is 41.8 Å². The van der Waals surface area contributed by atoms with Gasteiger partial charge in [0.15, 0.2) is 43.0 Å². The molecular formula is C40H45Cl2N3O17S2. The van der Waals surface area contributed by atoms with Crippen molar-refractivity contribution in [1.29, 1.82) is 0 Å². The van der Waals surface area contributed by atoms with E-state index in [0.717, 1.165) is 48.5 Å². The van der Waals surface area contributed by atoms with E-state index >= 15 is 0 Å². The maximum Gasteiger partial charge on any atom is 0.303 e. The Kier molecular flexibility index (Phi) is 19.0. The minimum atomic E-state index is -1.83. The van der Waals surface area contributed by atoms with Crippen molar-refractivity contribution in [3.8, 4) is 5.69 Å². The minimum Gasteiger partial charge on any atom is -0.463 e. The van der Waals surface area contributed by atoms with Crippen LogP contribution in [0.2, 0.25) is 5.02 Å².